The summed E-state index contributed by atoms with van der Waals surface area (Å²) in [4.78, 5) is 0. The molecule has 80 valence electrons. The van der Waals surface area contributed by atoms with Crippen LogP contribution >= 0.6 is 0 Å². The Bertz CT molecular complexity index is 243. The lowest BCUT2D eigenvalue weighted by atomic mass is 9.94. The zero-order chi connectivity index (χ0) is 10.7. The van der Waals surface area contributed by atoms with Crippen LogP contribution in [0.4, 0.5) is 4.48 Å². The lowest BCUT2D eigenvalue weighted by Crippen LogP contribution is -2.29. The van der Waals surface area contributed by atoms with Gasteiger partial charge in [0.2, 0.25) is 0 Å². The number of nitrogens with one attached hydrogen (secondary N) is 1. The van der Waals surface area contributed by atoms with Crippen molar-refractivity contribution in [2.24, 2.45) is 11.8 Å². The second-order valence-electron chi connectivity index (χ2n) is 4.52. The first-order valence-electron chi connectivity index (χ1n) is 5.30. The van der Waals surface area contributed by atoms with Crippen molar-refractivity contribution in [3.8, 4) is 0 Å². The molecule has 0 aliphatic heterocycles. The molecule has 1 aliphatic carbocycles. The molecule has 0 heterocycles. The van der Waals surface area contributed by atoms with Gasteiger partial charge >= 0.3 is 0 Å². The van der Waals surface area contributed by atoms with E-state index >= 15 is 0 Å². The van der Waals surface area contributed by atoms with Gasteiger partial charge < -0.3 is 0 Å². The van der Waals surface area contributed by atoms with Gasteiger partial charge in [0.25, 0.3) is 0 Å². The van der Waals surface area contributed by atoms with Crippen molar-refractivity contribution < 1.29 is 4.48 Å². The normalized spacial score (nSPS) is 22.1. The van der Waals surface area contributed by atoms with E-state index in [0.29, 0.717) is 5.92 Å². The Labute approximate surface area is 86.0 Å². The van der Waals surface area contributed by atoms with E-state index in [2.05, 4.69) is 19.6 Å². The summed E-state index contributed by atoms with van der Waals surface area (Å²) >= 11 is 0. The highest BCUT2D eigenvalue weighted by Crippen LogP contribution is 2.33. The first-order chi connectivity index (χ1) is 6.56. The Balaban J connectivity index is 2.29. The molecule has 0 aromatic heterocycles. The predicted octanol–water partition coefficient (Wildman–Crippen LogP) is 3.40. The van der Waals surface area contributed by atoms with Crippen LogP contribution < -0.4 is 5.54 Å². The third-order valence-corrected chi connectivity index (χ3v) is 2.90. The van der Waals surface area contributed by atoms with Gasteiger partial charge in [0.05, 0.1) is 6.04 Å². The largest absolute Gasteiger partial charge is 0.152 e. The predicted molar refractivity (Wildman–Crippen MR) is 58.5 cm³/mol. The maximum absolute atomic E-state index is 12.5. The van der Waals surface area contributed by atoms with E-state index in [1.54, 1.807) is 0 Å². The van der Waals surface area contributed by atoms with E-state index in [1.165, 1.54) is 5.57 Å². The minimum absolute atomic E-state index is 0.190. The first kappa shape index (κ1) is 11.4. The van der Waals surface area contributed by atoms with Crippen molar-refractivity contribution in [1.29, 1.82) is 0 Å². The molecule has 0 spiro atoms. The van der Waals surface area contributed by atoms with Crippen LogP contribution in [0.25, 0.3) is 0 Å². The van der Waals surface area contributed by atoms with Crippen LogP contribution in [0.1, 0.15) is 33.6 Å². The number of halogens is 1. The van der Waals surface area contributed by atoms with Gasteiger partial charge in [-0.15, -0.1) is 4.48 Å². The van der Waals surface area contributed by atoms with Gasteiger partial charge in [-0.3, -0.25) is 0 Å². The van der Waals surface area contributed by atoms with Gasteiger partial charge in [-0.25, -0.2) is 0 Å². The lowest BCUT2D eigenvalue weighted by Gasteiger charge is -2.20. The Morgan fingerprint density at radius 3 is 2.57 bits per heavy atom. The molecule has 0 aromatic rings. The third kappa shape index (κ3) is 2.95. The SMILES string of the molecule is C=C(CCC1=CC1C)C(NF)C(C)C. The molecule has 0 fully saturated rings. The molecule has 2 unspecified atom stereocenters. The van der Waals surface area contributed by atoms with Crippen LogP contribution in [0.5, 0.6) is 0 Å². The van der Waals surface area contributed by atoms with Crippen molar-refractivity contribution in [2.75, 3.05) is 0 Å². The average Bonchev–Trinajstić information content (AvgIpc) is 2.79. The number of rotatable bonds is 6. The van der Waals surface area contributed by atoms with Gasteiger partial charge in [0, 0.05) is 0 Å². The van der Waals surface area contributed by atoms with Crippen molar-refractivity contribution in [2.45, 2.75) is 39.7 Å². The Morgan fingerprint density at radius 2 is 2.21 bits per heavy atom. The lowest BCUT2D eigenvalue weighted by molar-refractivity contribution is 0.250. The fourth-order valence-corrected chi connectivity index (χ4v) is 1.72. The molecular weight excluding hydrogens is 177 g/mol. The molecule has 14 heavy (non-hydrogen) atoms. The highest BCUT2D eigenvalue weighted by molar-refractivity contribution is 5.28. The first-order valence-corrected chi connectivity index (χ1v) is 5.30. The Morgan fingerprint density at radius 1 is 1.64 bits per heavy atom. The molecular formula is C12H20FN. The van der Waals surface area contributed by atoms with E-state index in [-0.39, 0.29) is 12.0 Å². The van der Waals surface area contributed by atoms with Gasteiger partial charge in [-0.2, -0.15) is 5.54 Å². The third-order valence-electron chi connectivity index (χ3n) is 2.90. The van der Waals surface area contributed by atoms with Gasteiger partial charge in [0.15, 0.2) is 0 Å². The summed E-state index contributed by atoms with van der Waals surface area (Å²) in [5, 5.41) is 0. The summed E-state index contributed by atoms with van der Waals surface area (Å²) in [5.74, 6) is 0.941. The summed E-state index contributed by atoms with van der Waals surface area (Å²) < 4.78 is 12.5. The maximum Gasteiger partial charge on any atom is 0.0601 e. The monoisotopic (exact) mass is 197 g/mol. The second-order valence-corrected chi connectivity index (χ2v) is 4.52. The molecule has 0 amide bonds. The molecule has 0 radical (unpaired) electrons. The fraction of sp³-hybridized carbons (Fsp3) is 0.667. The van der Waals surface area contributed by atoms with Crippen LogP contribution in [0, 0.1) is 11.8 Å². The number of allylic oxidation sites excluding steroid dienone is 2. The molecule has 0 bridgehead atoms. The molecule has 2 atom stereocenters. The van der Waals surface area contributed by atoms with E-state index in [9.17, 15) is 4.48 Å². The minimum Gasteiger partial charge on any atom is -0.152 e. The summed E-state index contributed by atoms with van der Waals surface area (Å²) in [6.07, 6.45) is 4.20. The molecule has 0 saturated carbocycles. The molecule has 2 heteroatoms. The standard InChI is InChI=1S/C12H20FN/c1-8(2)12(14-13)9(3)5-6-11-7-10(11)4/h7-8,10,12,14H,3,5-6H2,1-2,4H3. The maximum atomic E-state index is 12.5. The van der Waals surface area contributed by atoms with Crippen LogP contribution in [-0.4, -0.2) is 6.04 Å². The van der Waals surface area contributed by atoms with Crippen LogP contribution in [0.2, 0.25) is 0 Å². The minimum atomic E-state index is -0.190. The van der Waals surface area contributed by atoms with Crippen LogP contribution in [0.3, 0.4) is 0 Å². The second kappa shape index (κ2) is 4.74. The zero-order valence-electron chi connectivity index (χ0n) is 9.31. The van der Waals surface area contributed by atoms with E-state index < -0.39 is 0 Å². The van der Waals surface area contributed by atoms with Crippen molar-refractivity contribution in [3.63, 3.8) is 0 Å². The molecule has 0 saturated heterocycles. The topological polar surface area (TPSA) is 12.0 Å². The molecule has 1 N–H and O–H groups in total. The highest BCUT2D eigenvalue weighted by atomic mass is 19.2. The van der Waals surface area contributed by atoms with Gasteiger partial charge in [0.1, 0.15) is 0 Å². The van der Waals surface area contributed by atoms with Gasteiger partial charge in [-0.1, -0.05) is 44.6 Å². The Kier molecular flexibility index (Phi) is 3.87. The smallest absolute Gasteiger partial charge is 0.0601 e. The Hall–Kier alpha value is -0.630. The van der Waals surface area contributed by atoms with E-state index in [4.69, 9.17) is 0 Å². The zero-order valence-corrected chi connectivity index (χ0v) is 9.31. The van der Waals surface area contributed by atoms with Crippen LogP contribution in [0.15, 0.2) is 23.8 Å². The van der Waals surface area contributed by atoms with E-state index in [0.717, 1.165) is 18.4 Å². The summed E-state index contributed by atoms with van der Waals surface area (Å²) in [7, 11) is 0. The van der Waals surface area contributed by atoms with E-state index in [1.807, 2.05) is 19.4 Å². The van der Waals surface area contributed by atoms with Crippen molar-refractivity contribution in [3.05, 3.63) is 23.8 Å². The summed E-state index contributed by atoms with van der Waals surface area (Å²) in [6.45, 7) is 10.1. The highest BCUT2D eigenvalue weighted by Gasteiger charge is 2.21. The van der Waals surface area contributed by atoms with Gasteiger partial charge in [-0.05, 0) is 24.7 Å². The average molecular weight is 197 g/mol. The molecule has 1 nitrogen and oxygen atoms in total. The quantitative estimate of drug-likeness (QED) is 0.508. The molecule has 1 rings (SSSR count). The van der Waals surface area contributed by atoms with Crippen molar-refractivity contribution in [1.82, 2.24) is 5.54 Å². The number of hydrogen-bond acceptors (Lipinski definition) is 1. The van der Waals surface area contributed by atoms with Crippen molar-refractivity contribution >= 4 is 0 Å². The summed E-state index contributed by atoms with van der Waals surface area (Å²) in [6, 6.07) is -0.190. The summed E-state index contributed by atoms with van der Waals surface area (Å²) in [5.41, 5.74) is 4.31. The van der Waals surface area contributed by atoms with Crippen LogP contribution in [-0.2, 0) is 0 Å². The molecule has 1 aliphatic rings. The molecule has 0 aromatic carbocycles. The fourth-order valence-electron chi connectivity index (χ4n) is 1.72. The number of hydrogen-bond donors (Lipinski definition) is 1.